The number of hydrogen-bond acceptors (Lipinski definition) is 2. The van der Waals surface area contributed by atoms with Gasteiger partial charge in [0.2, 0.25) is 0 Å². The summed E-state index contributed by atoms with van der Waals surface area (Å²) in [7, 11) is 0. The van der Waals surface area contributed by atoms with Gasteiger partial charge in [-0.25, -0.2) is 9.37 Å². The van der Waals surface area contributed by atoms with E-state index in [9.17, 15) is 9.18 Å². The van der Waals surface area contributed by atoms with E-state index >= 15 is 0 Å². The quantitative estimate of drug-likeness (QED) is 0.853. The van der Waals surface area contributed by atoms with Crippen molar-refractivity contribution in [3.8, 4) is 0 Å². The fourth-order valence-electron chi connectivity index (χ4n) is 1.29. The van der Waals surface area contributed by atoms with Crippen molar-refractivity contribution in [1.82, 2.24) is 4.98 Å². The average molecular weight is 285 g/mol. The summed E-state index contributed by atoms with van der Waals surface area (Å²) in [6.07, 6.45) is 1.34. The Morgan fingerprint density at radius 2 is 2.00 bits per heavy atom. The van der Waals surface area contributed by atoms with Gasteiger partial charge in [-0.15, -0.1) is 0 Å². The molecule has 1 aromatic heterocycles. The van der Waals surface area contributed by atoms with Crippen molar-refractivity contribution in [2.24, 2.45) is 0 Å². The highest BCUT2D eigenvalue weighted by Gasteiger charge is 2.08. The largest absolute Gasteiger partial charge is 0.322 e. The molecule has 0 unspecified atom stereocenters. The number of carbonyl (C=O) groups is 1. The second-order valence-corrected chi connectivity index (χ2v) is 4.25. The van der Waals surface area contributed by atoms with Crippen molar-refractivity contribution >= 4 is 34.8 Å². The average Bonchev–Trinajstić information content (AvgIpc) is 2.34. The molecular formula is C12H7Cl2FN2O. The van der Waals surface area contributed by atoms with Crippen molar-refractivity contribution < 1.29 is 9.18 Å². The second-order valence-electron chi connectivity index (χ2n) is 3.45. The third kappa shape index (κ3) is 2.97. The van der Waals surface area contributed by atoms with Crippen molar-refractivity contribution in [2.75, 3.05) is 5.32 Å². The molecule has 92 valence electrons. The second kappa shape index (κ2) is 5.33. The number of halogens is 3. The Kier molecular flexibility index (Phi) is 3.79. The van der Waals surface area contributed by atoms with E-state index in [4.69, 9.17) is 23.2 Å². The standard InChI is InChI=1S/C12H7Cl2FN2O/c13-9-3-2-8(5-10(9)15)17-12(18)7-1-4-11(14)16-6-7/h1-6H,(H,17,18). The summed E-state index contributed by atoms with van der Waals surface area (Å²) < 4.78 is 13.2. The summed E-state index contributed by atoms with van der Waals surface area (Å²) in [5.41, 5.74) is 0.645. The number of hydrogen-bond donors (Lipinski definition) is 1. The minimum Gasteiger partial charge on any atom is -0.322 e. The zero-order valence-corrected chi connectivity index (χ0v) is 10.5. The summed E-state index contributed by atoms with van der Waals surface area (Å²) >= 11 is 11.1. The maximum absolute atomic E-state index is 13.2. The van der Waals surface area contributed by atoms with E-state index in [-0.39, 0.29) is 5.02 Å². The first-order valence-corrected chi connectivity index (χ1v) is 5.70. The summed E-state index contributed by atoms with van der Waals surface area (Å²) in [6.45, 7) is 0. The monoisotopic (exact) mass is 284 g/mol. The number of benzene rings is 1. The Labute approximate surface area is 113 Å². The van der Waals surface area contributed by atoms with Gasteiger partial charge in [-0.05, 0) is 30.3 Å². The minimum absolute atomic E-state index is 0.00107. The molecule has 0 aliphatic heterocycles. The Hall–Kier alpha value is -1.65. The van der Waals surface area contributed by atoms with Gasteiger partial charge in [-0.3, -0.25) is 4.79 Å². The molecular weight excluding hydrogens is 278 g/mol. The van der Waals surface area contributed by atoms with Gasteiger partial charge in [0.05, 0.1) is 10.6 Å². The van der Waals surface area contributed by atoms with Crippen LogP contribution in [0.15, 0.2) is 36.5 Å². The SMILES string of the molecule is O=C(Nc1ccc(Cl)c(F)c1)c1ccc(Cl)nc1. The molecule has 0 aliphatic carbocycles. The highest BCUT2D eigenvalue weighted by Crippen LogP contribution is 2.19. The number of nitrogens with zero attached hydrogens (tertiary/aromatic N) is 1. The molecule has 6 heteroatoms. The van der Waals surface area contributed by atoms with Gasteiger partial charge >= 0.3 is 0 Å². The first-order chi connectivity index (χ1) is 8.56. The first-order valence-electron chi connectivity index (χ1n) is 4.94. The van der Waals surface area contributed by atoms with E-state index in [1.807, 2.05) is 0 Å². The highest BCUT2D eigenvalue weighted by molar-refractivity contribution is 6.30. The molecule has 0 fully saturated rings. The Morgan fingerprint density at radius 1 is 1.22 bits per heavy atom. The molecule has 0 radical (unpaired) electrons. The number of amides is 1. The molecule has 0 bridgehead atoms. The lowest BCUT2D eigenvalue weighted by atomic mass is 10.2. The maximum Gasteiger partial charge on any atom is 0.257 e. The van der Waals surface area contributed by atoms with Crippen LogP contribution in [0.2, 0.25) is 10.2 Å². The smallest absolute Gasteiger partial charge is 0.257 e. The van der Waals surface area contributed by atoms with Crippen LogP contribution in [0.4, 0.5) is 10.1 Å². The molecule has 2 aromatic rings. The van der Waals surface area contributed by atoms with Gasteiger partial charge < -0.3 is 5.32 Å². The molecule has 1 amide bonds. The van der Waals surface area contributed by atoms with E-state index in [2.05, 4.69) is 10.3 Å². The molecule has 0 saturated heterocycles. The highest BCUT2D eigenvalue weighted by atomic mass is 35.5. The molecule has 2 rings (SSSR count). The van der Waals surface area contributed by atoms with Gasteiger partial charge in [0.25, 0.3) is 5.91 Å². The minimum atomic E-state index is -0.594. The zero-order valence-electron chi connectivity index (χ0n) is 8.95. The third-order valence-corrected chi connectivity index (χ3v) is 2.70. The van der Waals surface area contributed by atoms with Gasteiger partial charge in [-0.1, -0.05) is 23.2 Å². The van der Waals surface area contributed by atoms with E-state index in [0.717, 1.165) is 6.07 Å². The Balaban J connectivity index is 2.16. The zero-order chi connectivity index (χ0) is 13.1. The molecule has 0 spiro atoms. The summed E-state index contributed by atoms with van der Waals surface area (Å²) in [5, 5.41) is 2.82. The first kappa shape index (κ1) is 12.8. The molecule has 0 saturated carbocycles. The Morgan fingerprint density at radius 3 is 2.61 bits per heavy atom. The van der Waals surface area contributed by atoms with Gasteiger partial charge in [0.15, 0.2) is 0 Å². The lowest BCUT2D eigenvalue weighted by Crippen LogP contribution is -2.12. The topological polar surface area (TPSA) is 42.0 Å². The molecule has 1 heterocycles. The van der Waals surface area contributed by atoms with Crippen LogP contribution in [0, 0.1) is 5.82 Å². The number of aromatic nitrogens is 1. The Bertz CT molecular complexity index is 587. The van der Waals surface area contributed by atoms with E-state index < -0.39 is 11.7 Å². The maximum atomic E-state index is 13.2. The van der Waals surface area contributed by atoms with Gasteiger partial charge in [0.1, 0.15) is 11.0 Å². The van der Waals surface area contributed by atoms with Crippen molar-refractivity contribution in [3.63, 3.8) is 0 Å². The lowest BCUT2D eigenvalue weighted by Gasteiger charge is -2.05. The molecule has 18 heavy (non-hydrogen) atoms. The summed E-state index contributed by atoms with van der Waals surface area (Å²) in [5.74, 6) is -0.996. The normalized spacial score (nSPS) is 10.2. The van der Waals surface area contributed by atoms with Crippen LogP contribution in [-0.2, 0) is 0 Å². The number of carbonyl (C=O) groups excluding carboxylic acids is 1. The molecule has 0 atom stereocenters. The predicted molar refractivity (Wildman–Crippen MR) is 68.6 cm³/mol. The van der Waals surface area contributed by atoms with Crippen LogP contribution in [0.25, 0.3) is 0 Å². The van der Waals surface area contributed by atoms with Gasteiger partial charge in [0, 0.05) is 11.9 Å². The van der Waals surface area contributed by atoms with E-state index in [1.165, 1.54) is 30.5 Å². The number of rotatable bonds is 2. The van der Waals surface area contributed by atoms with Crippen molar-refractivity contribution in [1.29, 1.82) is 0 Å². The number of nitrogens with one attached hydrogen (secondary N) is 1. The fraction of sp³-hybridized carbons (Fsp3) is 0. The van der Waals surface area contributed by atoms with Crippen LogP contribution in [-0.4, -0.2) is 10.9 Å². The summed E-state index contributed by atoms with van der Waals surface area (Å²) in [6, 6.07) is 7.04. The summed E-state index contributed by atoms with van der Waals surface area (Å²) in [4.78, 5) is 15.6. The van der Waals surface area contributed by atoms with Crippen LogP contribution in [0.3, 0.4) is 0 Å². The fourth-order valence-corrected chi connectivity index (χ4v) is 1.52. The van der Waals surface area contributed by atoms with Gasteiger partial charge in [-0.2, -0.15) is 0 Å². The third-order valence-electron chi connectivity index (χ3n) is 2.17. The molecule has 0 aliphatic rings. The number of anilines is 1. The predicted octanol–water partition coefficient (Wildman–Crippen LogP) is 3.78. The van der Waals surface area contributed by atoms with Crippen LogP contribution in [0.1, 0.15) is 10.4 Å². The molecule has 1 N–H and O–H groups in total. The molecule has 1 aromatic carbocycles. The molecule has 3 nitrogen and oxygen atoms in total. The van der Waals surface area contributed by atoms with Crippen molar-refractivity contribution in [2.45, 2.75) is 0 Å². The van der Waals surface area contributed by atoms with Crippen LogP contribution < -0.4 is 5.32 Å². The van der Waals surface area contributed by atoms with Crippen LogP contribution >= 0.6 is 23.2 Å². The van der Waals surface area contributed by atoms with Crippen molar-refractivity contribution in [3.05, 3.63) is 58.1 Å². The van der Waals surface area contributed by atoms with E-state index in [0.29, 0.717) is 16.4 Å². The van der Waals surface area contributed by atoms with Crippen LogP contribution in [0.5, 0.6) is 0 Å². The lowest BCUT2D eigenvalue weighted by molar-refractivity contribution is 0.102. The van der Waals surface area contributed by atoms with E-state index in [1.54, 1.807) is 0 Å². The number of pyridine rings is 1.